The number of nitrogens with one attached hydrogen (secondary N) is 1. The Balaban J connectivity index is 1.42. The predicted octanol–water partition coefficient (Wildman–Crippen LogP) is 4.08. The van der Waals surface area contributed by atoms with Crippen LogP contribution < -0.4 is 4.72 Å². The molecule has 2 aliphatic rings. The highest BCUT2D eigenvalue weighted by Gasteiger charge is 2.45. The van der Waals surface area contributed by atoms with Gasteiger partial charge < -0.3 is 5.11 Å². The van der Waals surface area contributed by atoms with Crippen molar-refractivity contribution in [1.29, 1.82) is 0 Å². The average Bonchev–Trinajstić information content (AvgIpc) is 2.98. The Hall–Kier alpha value is -3.10. The first-order chi connectivity index (χ1) is 20.2. The van der Waals surface area contributed by atoms with Crippen LogP contribution in [0.25, 0.3) is 0 Å². The van der Waals surface area contributed by atoms with Gasteiger partial charge in [-0.15, -0.1) is 0 Å². The Labute approximate surface area is 252 Å². The second-order valence-electron chi connectivity index (χ2n) is 11.0. The third-order valence-corrected chi connectivity index (χ3v) is 14.2. The number of piperidine rings is 1. The molecule has 0 aromatic heterocycles. The molecule has 3 aromatic carbocycles. The van der Waals surface area contributed by atoms with Crippen LogP contribution >= 0.6 is 0 Å². The van der Waals surface area contributed by atoms with E-state index in [0.29, 0.717) is 24.0 Å². The number of hydrogen-bond acceptors (Lipinski definition) is 7. The normalized spacial score (nSPS) is 18.5. The Morgan fingerprint density at radius 3 is 2.21 bits per heavy atom. The van der Waals surface area contributed by atoms with Crippen molar-refractivity contribution in [3.05, 3.63) is 82.9 Å². The lowest BCUT2D eigenvalue weighted by molar-refractivity contribution is 0.0696. The van der Waals surface area contributed by atoms with Gasteiger partial charge in [-0.3, -0.25) is 0 Å². The highest BCUT2D eigenvalue weighted by atomic mass is 32.2. The molecule has 0 radical (unpaired) electrons. The number of carbonyl (C=O) groups is 1. The lowest BCUT2D eigenvalue weighted by Crippen LogP contribution is -2.46. The fourth-order valence-corrected chi connectivity index (χ4v) is 11.4. The van der Waals surface area contributed by atoms with Gasteiger partial charge in [0.15, 0.2) is 0 Å². The molecule has 0 bridgehead atoms. The van der Waals surface area contributed by atoms with Gasteiger partial charge in [-0.25, -0.2) is 34.8 Å². The van der Waals surface area contributed by atoms with Crippen LogP contribution in [0.5, 0.6) is 0 Å². The van der Waals surface area contributed by atoms with Gasteiger partial charge in [-0.1, -0.05) is 44.2 Å². The second kappa shape index (κ2) is 11.1. The highest BCUT2D eigenvalue weighted by Crippen LogP contribution is 2.50. The van der Waals surface area contributed by atoms with Crippen molar-refractivity contribution in [3.63, 3.8) is 0 Å². The molecule has 0 amide bonds. The number of benzene rings is 3. The molecule has 43 heavy (non-hydrogen) atoms. The average molecular weight is 647 g/mol. The predicted molar refractivity (Wildman–Crippen MR) is 160 cm³/mol. The Morgan fingerprint density at radius 2 is 1.58 bits per heavy atom. The van der Waals surface area contributed by atoms with Crippen LogP contribution in [0, 0.1) is 6.92 Å². The monoisotopic (exact) mass is 646 g/mol. The largest absolute Gasteiger partial charge is 0.478 e. The third kappa shape index (κ3) is 5.20. The third-order valence-electron chi connectivity index (χ3n) is 8.77. The zero-order valence-electron chi connectivity index (χ0n) is 24.1. The summed E-state index contributed by atoms with van der Waals surface area (Å²) in [6, 6.07) is 14.4. The van der Waals surface area contributed by atoms with E-state index in [-0.39, 0.29) is 51.1 Å². The minimum atomic E-state index is -4.17. The lowest BCUT2D eigenvalue weighted by Gasteiger charge is -2.40. The summed E-state index contributed by atoms with van der Waals surface area (Å²) >= 11 is 0. The van der Waals surface area contributed by atoms with Crippen LogP contribution in [0.2, 0.25) is 0 Å². The molecule has 10 nitrogen and oxygen atoms in total. The van der Waals surface area contributed by atoms with Gasteiger partial charge in [0.2, 0.25) is 29.9 Å². The van der Waals surface area contributed by atoms with Crippen LogP contribution in [0.4, 0.5) is 0 Å². The first kappa shape index (κ1) is 31.3. The minimum Gasteiger partial charge on any atom is -0.478 e. The SMILES string of the molecule is CCC1(CC)c2ccccc2S(=O)(=O)c2cc(S(=O)(=O)NC3CCN(S(=O)(=O)c4cccc(C(=O)O)c4)CC3)c(C)cc21. The van der Waals surface area contributed by atoms with Crippen molar-refractivity contribution in [2.45, 2.75) is 77.5 Å². The Bertz CT molecular complexity index is 1930. The van der Waals surface area contributed by atoms with E-state index in [9.17, 15) is 35.2 Å². The second-order valence-corrected chi connectivity index (χ2v) is 16.5. The van der Waals surface area contributed by atoms with E-state index >= 15 is 0 Å². The van der Waals surface area contributed by atoms with Crippen molar-refractivity contribution in [2.75, 3.05) is 13.1 Å². The zero-order valence-corrected chi connectivity index (χ0v) is 26.5. The van der Waals surface area contributed by atoms with Gasteiger partial charge in [0.05, 0.1) is 25.1 Å². The summed E-state index contributed by atoms with van der Waals surface area (Å²) in [5.74, 6) is -1.24. The van der Waals surface area contributed by atoms with Gasteiger partial charge >= 0.3 is 5.97 Å². The molecule has 0 unspecified atom stereocenters. The number of carboxylic acids is 1. The van der Waals surface area contributed by atoms with Crippen molar-refractivity contribution in [1.82, 2.24) is 9.03 Å². The lowest BCUT2D eigenvalue weighted by atomic mass is 9.70. The van der Waals surface area contributed by atoms with Crippen LogP contribution in [0.3, 0.4) is 0 Å². The molecule has 2 N–H and O–H groups in total. The number of carboxylic acid groups (broad SMARTS) is 1. The number of nitrogens with zero attached hydrogens (tertiary/aromatic N) is 1. The van der Waals surface area contributed by atoms with E-state index in [1.807, 2.05) is 26.0 Å². The van der Waals surface area contributed by atoms with Crippen molar-refractivity contribution < 1.29 is 35.2 Å². The summed E-state index contributed by atoms with van der Waals surface area (Å²) < 4.78 is 85.1. The number of hydrogen-bond donors (Lipinski definition) is 2. The molecule has 1 saturated heterocycles. The van der Waals surface area contributed by atoms with E-state index in [2.05, 4.69) is 4.72 Å². The molecule has 0 saturated carbocycles. The van der Waals surface area contributed by atoms with E-state index in [1.165, 1.54) is 28.6 Å². The van der Waals surface area contributed by atoms with E-state index < -0.39 is 47.3 Å². The summed E-state index contributed by atoms with van der Waals surface area (Å²) in [5.41, 5.74) is 1.00. The fraction of sp³-hybridized carbons (Fsp3) is 0.367. The van der Waals surface area contributed by atoms with Gasteiger partial charge in [0.1, 0.15) is 0 Å². The molecule has 2 heterocycles. The van der Waals surface area contributed by atoms with Crippen molar-refractivity contribution in [3.8, 4) is 0 Å². The van der Waals surface area contributed by atoms with Crippen molar-refractivity contribution in [2.24, 2.45) is 0 Å². The van der Waals surface area contributed by atoms with E-state index in [4.69, 9.17) is 0 Å². The Morgan fingerprint density at radius 1 is 0.930 bits per heavy atom. The number of fused-ring (bicyclic) bond motifs is 2. The first-order valence-corrected chi connectivity index (χ1v) is 18.4. The zero-order chi connectivity index (χ0) is 31.4. The molecule has 2 aliphatic heterocycles. The summed E-state index contributed by atoms with van der Waals surface area (Å²) in [6.07, 6.45) is 1.63. The molecule has 0 atom stereocenters. The standard InChI is InChI=1S/C30H34N2O8S3/c1-4-30(5-2)24-11-6-7-12-26(24)41(35,36)28-19-27(20(3)17-25(28)30)42(37,38)31-22-13-15-32(16-14-22)43(39,40)23-10-8-9-21(18-23)29(33)34/h6-12,17-19,22,31H,4-5,13-16H2,1-3H3,(H,33,34). The fourth-order valence-electron chi connectivity index (χ4n) is 6.36. The minimum absolute atomic E-state index is 0.00891. The number of sulfonamides is 2. The highest BCUT2D eigenvalue weighted by molar-refractivity contribution is 7.92. The molecular weight excluding hydrogens is 613 g/mol. The van der Waals surface area contributed by atoms with Gasteiger partial charge in [-0.05, 0) is 79.6 Å². The molecule has 3 aromatic rings. The van der Waals surface area contributed by atoms with Crippen LogP contribution in [-0.4, -0.2) is 59.8 Å². The molecule has 0 spiro atoms. The maximum Gasteiger partial charge on any atom is 0.335 e. The van der Waals surface area contributed by atoms with Gasteiger partial charge in [0.25, 0.3) is 0 Å². The molecule has 13 heteroatoms. The molecule has 230 valence electrons. The van der Waals surface area contributed by atoms with E-state index in [1.54, 1.807) is 25.1 Å². The summed E-state index contributed by atoms with van der Waals surface area (Å²) in [4.78, 5) is 11.2. The first-order valence-electron chi connectivity index (χ1n) is 14.0. The molecule has 0 aliphatic carbocycles. The summed E-state index contributed by atoms with van der Waals surface area (Å²) in [5, 5.41) is 9.22. The maximum absolute atomic E-state index is 13.8. The Kier molecular flexibility index (Phi) is 8.10. The van der Waals surface area contributed by atoms with Crippen LogP contribution in [0.15, 0.2) is 80.2 Å². The van der Waals surface area contributed by atoms with Crippen molar-refractivity contribution >= 4 is 35.9 Å². The molecule has 1 fully saturated rings. The van der Waals surface area contributed by atoms with Crippen LogP contribution in [-0.2, 0) is 35.3 Å². The van der Waals surface area contributed by atoms with Gasteiger partial charge in [0, 0.05) is 24.5 Å². The molecule has 5 rings (SSSR count). The number of sulfone groups is 1. The summed E-state index contributed by atoms with van der Waals surface area (Å²) in [7, 11) is -12.1. The number of aromatic carboxylic acids is 1. The van der Waals surface area contributed by atoms with Crippen LogP contribution in [0.1, 0.15) is 66.6 Å². The maximum atomic E-state index is 13.8. The number of aryl methyl sites for hydroxylation is 1. The topological polar surface area (TPSA) is 155 Å². The van der Waals surface area contributed by atoms with E-state index in [0.717, 1.165) is 11.6 Å². The summed E-state index contributed by atoms with van der Waals surface area (Å²) in [6.45, 7) is 5.70. The molecular formula is C30H34N2O8S3. The number of rotatable bonds is 8. The smallest absolute Gasteiger partial charge is 0.335 e. The quantitative estimate of drug-likeness (QED) is 0.371. The van der Waals surface area contributed by atoms with Gasteiger partial charge in [-0.2, -0.15) is 4.31 Å².